The van der Waals surface area contributed by atoms with Crippen LogP contribution in [0.2, 0.25) is 0 Å². The van der Waals surface area contributed by atoms with Crippen LogP contribution in [0, 0.1) is 13.8 Å². The van der Waals surface area contributed by atoms with E-state index in [-0.39, 0.29) is 37.1 Å². The lowest BCUT2D eigenvalue weighted by Crippen LogP contribution is -2.53. The number of ether oxygens (including phenoxy) is 1. The highest BCUT2D eigenvalue weighted by molar-refractivity contribution is 5.93. The summed E-state index contributed by atoms with van der Waals surface area (Å²) >= 11 is 0. The number of aryl methyl sites for hydroxylation is 1. The molecule has 182 valence electrons. The normalized spacial score (nSPS) is 20.2. The van der Waals surface area contributed by atoms with Gasteiger partial charge in [0.15, 0.2) is 0 Å². The van der Waals surface area contributed by atoms with Crippen LogP contribution in [0.5, 0.6) is 0 Å². The number of likely N-dealkylation sites (tertiary alicyclic amines) is 1. The van der Waals surface area contributed by atoms with Crippen LogP contribution in [0.4, 0.5) is 5.69 Å². The smallest absolute Gasteiger partial charge is 0.249 e. The molecule has 3 heterocycles. The number of hydrogen-bond acceptors (Lipinski definition) is 5. The Bertz CT molecular complexity index is 1190. The van der Waals surface area contributed by atoms with Gasteiger partial charge in [-0.1, -0.05) is 60.7 Å². The number of morpholine rings is 1. The molecular weight excluding hydrogens is 442 g/mol. The summed E-state index contributed by atoms with van der Waals surface area (Å²) in [4.78, 5) is 29.6. The van der Waals surface area contributed by atoms with Gasteiger partial charge in [0.05, 0.1) is 42.3 Å². The molecule has 2 aliphatic rings. The van der Waals surface area contributed by atoms with Crippen molar-refractivity contribution in [1.82, 2.24) is 19.6 Å². The molecule has 2 amide bonds. The molecule has 3 aromatic rings. The minimum Gasteiger partial charge on any atom is -0.365 e. The van der Waals surface area contributed by atoms with E-state index in [0.29, 0.717) is 26.2 Å². The first-order chi connectivity index (χ1) is 17.0. The van der Waals surface area contributed by atoms with Crippen molar-refractivity contribution in [3.63, 3.8) is 0 Å². The fraction of sp³-hybridized carbons (Fsp3) is 0.370. The molecule has 8 heteroatoms. The third-order valence-electron chi connectivity index (χ3n) is 6.84. The number of amides is 2. The Balaban J connectivity index is 1.21. The fourth-order valence-electron chi connectivity index (χ4n) is 5.03. The van der Waals surface area contributed by atoms with E-state index in [1.165, 1.54) is 0 Å². The molecular formula is C27H31N5O3. The first kappa shape index (κ1) is 23.3. The largest absolute Gasteiger partial charge is 0.365 e. The van der Waals surface area contributed by atoms with E-state index in [4.69, 9.17) is 4.74 Å². The predicted molar refractivity (Wildman–Crippen MR) is 133 cm³/mol. The van der Waals surface area contributed by atoms with Gasteiger partial charge in [0.1, 0.15) is 6.61 Å². The van der Waals surface area contributed by atoms with Crippen molar-refractivity contribution in [1.29, 1.82) is 0 Å². The molecule has 5 rings (SSSR count). The van der Waals surface area contributed by atoms with E-state index < -0.39 is 0 Å². The Kier molecular flexibility index (Phi) is 6.66. The highest BCUT2D eigenvalue weighted by Gasteiger charge is 2.43. The van der Waals surface area contributed by atoms with Gasteiger partial charge in [-0.15, -0.1) is 0 Å². The molecule has 2 aromatic carbocycles. The molecule has 1 aromatic heterocycles. The number of hydrogen-bond donors (Lipinski definition) is 1. The molecule has 0 bridgehead atoms. The minimum absolute atomic E-state index is 0.00140. The molecule has 2 aliphatic heterocycles. The zero-order valence-corrected chi connectivity index (χ0v) is 20.2. The Labute approximate surface area is 205 Å². The summed E-state index contributed by atoms with van der Waals surface area (Å²) in [5, 5.41) is 7.70. The maximum Gasteiger partial charge on any atom is 0.249 e. The van der Waals surface area contributed by atoms with Gasteiger partial charge in [0, 0.05) is 19.6 Å². The molecule has 0 unspecified atom stereocenters. The number of benzene rings is 2. The number of rotatable bonds is 7. The Hall–Kier alpha value is -3.49. The average molecular weight is 474 g/mol. The first-order valence-electron chi connectivity index (χ1n) is 12.0. The van der Waals surface area contributed by atoms with E-state index in [0.717, 1.165) is 28.2 Å². The maximum atomic E-state index is 13.0. The lowest BCUT2D eigenvalue weighted by Gasteiger charge is -2.36. The molecule has 8 nitrogen and oxygen atoms in total. The second-order valence-corrected chi connectivity index (χ2v) is 9.36. The fourth-order valence-corrected chi connectivity index (χ4v) is 5.03. The second-order valence-electron chi connectivity index (χ2n) is 9.36. The third-order valence-corrected chi connectivity index (χ3v) is 6.84. The van der Waals surface area contributed by atoms with Crippen molar-refractivity contribution in [2.45, 2.75) is 39.1 Å². The summed E-state index contributed by atoms with van der Waals surface area (Å²) < 4.78 is 7.75. The molecule has 0 radical (unpaired) electrons. The van der Waals surface area contributed by atoms with E-state index >= 15 is 0 Å². The van der Waals surface area contributed by atoms with Crippen molar-refractivity contribution in [3.8, 4) is 0 Å². The number of nitrogens with one attached hydrogen (secondary N) is 1. The summed E-state index contributed by atoms with van der Waals surface area (Å²) in [6, 6.07) is 20.1. The van der Waals surface area contributed by atoms with Crippen molar-refractivity contribution in [2.75, 3.05) is 31.6 Å². The van der Waals surface area contributed by atoms with Crippen LogP contribution in [0.1, 0.15) is 22.5 Å². The molecule has 2 atom stereocenters. The topological polar surface area (TPSA) is 79.7 Å². The summed E-state index contributed by atoms with van der Waals surface area (Å²) in [6.07, 6.45) is -0.0821. The van der Waals surface area contributed by atoms with Crippen LogP contribution in [0.25, 0.3) is 0 Å². The van der Waals surface area contributed by atoms with Gasteiger partial charge in [-0.05, 0) is 25.0 Å². The van der Waals surface area contributed by atoms with Crippen molar-refractivity contribution >= 4 is 17.5 Å². The second kappa shape index (κ2) is 10.0. The molecule has 2 saturated heterocycles. The van der Waals surface area contributed by atoms with Crippen LogP contribution >= 0.6 is 0 Å². The molecule has 0 spiro atoms. The van der Waals surface area contributed by atoms with Crippen molar-refractivity contribution in [3.05, 3.63) is 83.2 Å². The summed E-state index contributed by atoms with van der Waals surface area (Å²) in [7, 11) is 0. The van der Waals surface area contributed by atoms with Crippen LogP contribution in [0.15, 0.2) is 60.7 Å². The molecule has 0 aliphatic carbocycles. The lowest BCUT2D eigenvalue weighted by molar-refractivity contribution is -0.153. The number of fused-ring (bicyclic) bond motifs is 1. The Morgan fingerprint density at radius 3 is 2.34 bits per heavy atom. The lowest BCUT2D eigenvalue weighted by atomic mass is 10.1. The molecule has 1 N–H and O–H groups in total. The van der Waals surface area contributed by atoms with E-state index in [9.17, 15) is 9.59 Å². The monoisotopic (exact) mass is 473 g/mol. The van der Waals surface area contributed by atoms with Gasteiger partial charge in [-0.2, -0.15) is 5.10 Å². The SMILES string of the molecule is Cc1nn(Cc2ccccc2)c(C)c1NC(=O)CN1C[C@@H]2OCC(=O)N(Cc3ccccc3)[C@H]2C1. The van der Waals surface area contributed by atoms with E-state index in [1.54, 1.807) is 0 Å². The van der Waals surface area contributed by atoms with E-state index in [1.807, 2.05) is 72.0 Å². The quantitative estimate of drug-likeness (QED) is 0.571. The highest BCUT2D eigenvalue weighted by Crippen LogP contribution is 2.26. The third kappa shape index (κ3) is 5.13. The zero-order valence-electron chi connectivity index (χ0n) is 20.2. The summed E-state index contributed by atoms with van der Waals surface area (Å²) in [6.45, 7) is 6.67. The number of anilines is 1. The van der Waals surface area contributed by atoms with Crippen LogP contribution in [0.3, 0.4) is 0 Å². The van der Waals surface area contributed by atoms with Gasteiger partial charge < -0.3 is 15.0 Å². The highest BCUT2D eigenvalue weighted by atomic mass is 16.5. The summed E-state index contributed by atoms with van der Waals surface area (Å²) in [5.74, 6) is -0.0893. The number of aromatic nitrogens is 2. The van der Waals surface area contributed by atoms with Crippen LogP contribution < -0.4 is 5.32 Å². The standard InChI is InChI=1S/C27H31N5O3/c1-19-27(20(2)32(29-19)14-22-11-7-4-8-12-22)28-25(33)17-30-15-23-24(16-30)35-18-26(34)31(23)13-21-9-5-3-6-10-21/h3-12,23-24H,13-18H2,1-2H3,(H,28,33)/t23-,24-/m0/s1. The average Bonchev–Trinajstić information content (AvgIpc) is 3.38. The van der Waals surface area contributed by atoms with Crippen molar-refractivity contribution in [2.24, 2.45) is 0 Å². The molecule has 2 fully saturated rings. The van der Waals surface area contributed by atoms with Gasteiger partial charge in [-0.25, -0.2) is 0 Å². The zero-order chi connectivity index (χ0) is 24.4. The number of carbonyl (C=O) groups excluding carboxylic acids is 2. The minimum atomic E-state index is -0.0879. The summed E-state index contributed by atoms with van der Waals surface area (Å²) in [5.41, 5.74) is 4.74. The van der Waals surface area contributed by atoms with Gasteiger partial charge in [0.2, 0.25) is 11.8 Å². The maximum absolute atomic E-state index is 13.0. The number of carbonyl (C=O) groups is 2. The molecule has 35 heavy (non-hydrogen) atoms. The Morgan fingerprint density at radius 1 is 1.00 bits per heavy atom. The van der Waals surface area contributed by atoms with Gasteiger partial charge in [0.25, 0.3) is 0 Å². The van der Waals surface area contributed by atoms with E-state index in [2.05, 4.69) is 27.4 Å². The Morgan fingerprint density at radius 2 is 1.66 bits per heavy atom. The van der Waals surface area contributed by atoms with Gasteiger partial charge >= 0.3 is 0 Å². The van der Waals surface area contributed by atoms with Crippen molar-refractivity contribution < 1.29 is 14.3 Å². The first-order valence-corrected chi connectivity index (χ1v) is 12.0. The number of nitrogens with zero attached hydrogens (tertiary/aromatic N) is 4. The predicted octanol–water partition coefficient (Wildman–Crippen LogP) is 2.60. The molecule has 0 saturated carbocycles. The van der Waals surface area contributed by atoms with Crippen LogP contribution in [-0.2, 0) is 27.4 Å². The van der Waals surface area contributed by atoms with Gasteiger partial charge in [-0.3, -0.25) is 19.2 Å². The van der Waals surface area contributed by atoms with Crippen LogP contribution in [-0.4, -0.2) is 69.8 Å².